The number of hydrogen-bond acceptors (Lipinski definition) is 4. The Bertz CT molecular complexity index is 305. The van der Waals surface area contributed by atoms with E-state index < -0.39 is 0 Å². The van der Waals surface area contributed by atoms with E-state index in [4.69, 9.17) is 4.74 Å². The molecular weight excluding hydrogens is 244 g/mol. The maximum Gasteiger partial charge on any atom is 0.157 e. The van der Waals surface area contributed by atoms with E-state index in [0.717, 1.165) is 24.9 Å². The Balaban J connectivity index is 1.75. The lowest BCUT2D eigenvalue weighted by atomic mass is 9.90. The number of hydrogen-bond donors (Lipinski definition) is 1. The molecule has 3 atom stereocenters. The Morgan fingerprint density at radius 2 is 2.28 bits per heavy atom. The summed E-state index contributed by atoms with van der Waals surface area (Å²) in [6.45, 7) is 11.9. The van der Waals surface area contributed by atoms with E-state index in [9.17, 15) is 0 Å². The number of ether oxygens (including phenoxy) is 1. The highest BCUT2D eigenvalue weighted by Crippen LogP contribution is 2.31. The van der Waals surface area contributed by atoms with Crippen molar-refractivity contribution in [1.82, 2.24) is 5.32 Å². The molecule has 0 amide bonds. The van der Waals surface area contributed by atoms with Crippen LogP contribution in [0.15, 0.2) is 4.99 Å². The Hall–Kier alpha value is -0.220. The van der Waals surface area contributed by atoms with E-state index in [1.54, 1.807) is 0 Å². The van der Waals surface area contributed by atoms with Crippen LogP contribution in [0.1, 0.15) is 40.5 Å². The number of thioether (sulfide) groups is 1. The number of amidine groups is 1. The highest BCUT2D eigenvalue weighted by molar-refractivity contribution is 8.14. The van der Waals surface area contributed by atoms with Gasteiger partial charge in [0.25, 0.3) is 0 Å². The molecule has 0 radical (unpaired) electrons. The average molecular weight is 270 g/mol. The topological polar surface area (TPSA) is 33.6 Å². The zero-order valence-electron chi connectivity index (χ0n) is 12.0. The zero-order valence-corrected chi connectivity index (χ0v) is 12.8. The molecule has 3 nitrogen and oxygen atoms in total. The summed E-state index contributed by atoms with van der Waals surface area (Å²) in [5.41, 5.74) is 0.396. The molecule has 18 heavy (non-hydrogen) atoms. The van der Waals surface area contributed by atoms with Crippen LogP contribution >= 0.6 is 11.8 Å². The molecule has 0 aliphatic carbocycles. The summed E-state index contributed by atoms with van der Waals surface area (Å²) in [5.74, 6) is 0.648. The predicted molar refractivity (Wildman–Crippen MR) is 79.3 cm³/mol. The van der Waals surface area contributed by atoms with Gasteiger partial charge < -0.3 is 10.1 Å². The van der Waals surface area contributed by atoms with Crippen LogP contribution in [0.4, 0.5) is 0 Å². The van der Waals surface area contributed by atoms with Gasteiger partial charge >= 0.3 is 0 Å². The molecule has 1 N–H and O–H groups in total. The molecule has 1 saturated heterocycles. The van der Waals surface area contributed by atoms with Crippen molar-refractivity contribution in [2.45, 2.75) is 51.8 Å². The summed E-state index contributed by atoms with van der Waals surface area (Å²) in [6.07, 6.45) is 2.41. The van der Waals surface area contributed by atoms with Crippen LogP contribution in [0.3, 0.4) is 0 Å². The summed E-state index contributed by atoms with van der Waals surface area (Å²) in [4.78, 5) is 4.64. The van der Waals surface area contributed by atoms with Crippen LogP contribution < -0.4 is 5.32 Å². The minimum atomic E-state index is 0.396. The van der Waals surface area contributed by atoms with Crippen LogP contribution in [0.5, 0.6) is 0 Å². The molecule has 104 valence electrons. The molecular formula is C14H26N2OS. The van der Waals surface area contributed by atoms with Crippen LogP contribution in [0, 0.1) is 11.3 Å². The van der Waals surface area contributed by atoms with Gasteiger partial charge in [-0.15, -0.1) is 0 Å². The Morgan fingerprint density at radius 1 is 1.50 bits per heavy atom. The van der Waals surface area contributed by atoms with E-state index in [2.05, 4.69) is 38.0 Å². The maximum absolute atomic E-state index is 5.44. The lowest BCUT2D eigenvalue weighted by Crippen LogP contribution is -2.36. The van der Waals surface area contributed by atoms with Crippen LogP contribution in [0.2, 0.25) is 0 Å². The van der Waals surface area contributed by atoms with E-state index in [1.165, 1.54) is 12.8 Å². The second-order valence-corrected chi connectivity index (χ2v) is 8.00. The van der Waals surface area contributed by atoms with E-state index >= 15 is 0 Å². The van der Waals surface area contributed by atoms with Gasteiger partial charge in [0.05, 0.1) is 13.2 Å². The maximum atomic E-state index is 5.44. The van der Waals surface area contributed by atoms with Crippen LogP contribution in [0.25, 0.3) is 0 Å². The van der Waals surface area contributed by atoms with Crippen molar-refractivity contribution in [3.63, 3.8) is 0 Å². The van der Waals surface area contributed by atoms with Crippen molar-refractivity contribution in [2.75, 3.05) is 19.8 Å². The monoisotopic (exact) mass is 270 g/mol. The molecule has 2 rings (SSSR count). The molecule has 2 heterocycles. The molecule has 2 aliphatic heterocycles. The first-order valence-corrected chi connectivity index (χ1v) is 7.87. The van der Waals surface area contributed by atoms with Crippen molar-refractivity contribution < 1.29 is 4.74 Å². The molecule has 0 saturated carbocycles. The van der Waals surface area contributed by atoms with Gasteiger partial charge in [-0.3, -0.25) is 4.99 Å². The summed E-state index contributed by atoms with van der Waals surface area (Å²) < 4.78 is 5.44. The molecule has 0 aromatic rings. The second kappa shape index (κ2) is 5.83. The van der Waals surface area contributed by atoms with E-state index in [-0.39, 0.29) is 0 Å². The predicted octanol–water partition coefficient (Wildman–Crippen LogP) is 2.91. The van der Waals surface area contributed by atoms with Crippen molar-refractivity contribution in [3.8, 4) is 0 Å². The molecule has 0 aromatic carbocycles. The smallest absolute Gasteiger partial charge is 0.157 e. The van der Waals surface area contributed by atoms with Crippen molar-refractivity contribution in [2.24, 2.45) is 16.3 Å². The van der Waals surface area contributed by atoms with Gasteiger partial charge in [-0.1, -0.05) is 32.5 Å². The third-order valence-corrected chi connectivity index (χ3v) is 4.70. The lowest BCUT2D eigenvalue weighted by Gasteiger charge is -2.23. The molecule has 4 heteroatoms. The number of nitrogens with zero attached hydrogens (tertiary/aromatic N) is 1. The summed E-state index contributed by atoms with van der Waals surface area (Å²) in [7, 11) is 0. The fourth-order valence-corrected chi connectivity index (χ4v) is 4.00. The SMILES string of the molecule is CC(NC1=NCC(CC(C)(C)C)S1)C1CCOC1. The van der Waals surface area contributed by atoms with Crippen molar-refractivity contribution >= 4 is 16.9 Å². The molecule has 0 spiro atoms. The summed E-state index contributed by atoms with van der Waals surface area (Å²) in [6, 6.07) is 0.479. The van der Waals surface area contributed by atoms with Crippen molar-refractivity contribution in [3.05, 3.63) is 0 Å². The van der Waals surface area contributed by atoms with Crippen molar-refractivity contribution in [1.29, 1.82) is 0 Å². The molecule has 0 aromatic heterocycles. The molecule has 0 bridgehead atoms. The minimum Gasteiger partial charge on any atom is -0.381 e. The number of aliphatic imine (C=N–C) groups is 1. The molecule has 3 unspecified atom stereocenters. The summed E-state index contributed by atoms with van der Waals surface area (Å²) in [5, 5.41) is 5.36. The van der Waals surface area contributed by atoms with Gasteiger partial charge in [0.1, 0.15) is 0 Å². The first-order valence-electron chi connectivity index (χ1n) is 6.99. The second-order valence-electron chi connectivity index (χ2n) is 6.71. The fraction of sp³-hybridized carbons (Fsp3) is 0.929. The Labute approximate surface area is 115 Å². The third kappa shape index (κ3) is 4.16. The van der Waals surface area contributed by atoms with Crippen LogP contribution in [-0.2, 0) is 4.74 Å². The van der Waals surface area contributed by atoms with E-state index in [0.29, 0.717) is 22.6 Å². The fourth-order valence-electron chi connectivity index (χ4n) is 2.55. The van der Waals surface area contributed by atoms with Gasteiger partial charge in [-0.2, -0.15) is 0 Å². The van der Waals surface area contributed by atoms with Gasteiger partial charge in [-0.05, 0) is 25.2 Å². The van der Waals surface area contributed by atoms with Gasteiger partial charge in [-0.25, -0.2) is 0 Å². The van der Waals surface area contributed by atoms with Gasteiger partial charge in [0, 0.05) is 23.8 Å². The van der Waals surface area contributed by atoms with E-state index in [1.807, 2.05) is 11.8 Å². The Kier molecular flexibility index (Phi) is 4.59. The Morgan fingerprint density at radius 3 is 2.89 bits per heavy atom. The third-order valence-electron chi connectivity index (χ3n) is 3.58. The standard InChI is InChI=1S/C14H26N2OS/c1-10(11-5-6-17-9-11)16-13-15-8-12(18-13)7-14(2,3)4/h10-12H,5-9H2,1-4H3,(H,15,16). The summed E-state index contributed by atoms with van der Waals surface area (Å²) >= 11 is 1.92. The first-order chi connectivity index (χ1) is 8.44. The number of nitrogens with one attached hydrogen (secondary N) is 1. The normalized spacial score (nSPS) is 30.3. The highest BCUT2D eigenvalue weighted by atomic mass is 32.2. The number of rotatable bonds is 3. The highest BCUT2D eigenvalue weighted by Gasteiger charge is 2.28. The van der Waals surface area contributed by atoms with Gasteiger partial charge in [0.15, 0.2) is 5.17 Å². The van der Waals surface area contributed by atoms with Crippen LogP contribution in [-0.4, -0.2) is 36.2 Å². The first kappa shape index (κ1) is 14.2. The average Bonchev–Trinajstić information content (AvgIpc) is 2.86. The molecule has 1 fully saturated rings. The largest absolute Gasteiger partial charge is 0.381 e. The zero-order chi connectivity index (χ0) is 13.2. The van der Waals surface area contributed by atoms with Gasteiger partial charge in [0.2, 0.25) is 0 Å². The lowest BCUT2D eigenvalue weighted by molar-refractivity contribution is 0.180. The molecule has 2 aliphatic rings. The minimum absolute atomic E-state index is 0.396. The quantitative estimate of drug-likeness (QED) is 0.856.